The lowest BCUT2D eigenvalue weighted by Crippen LogP contribution is -2.40. The van der Waals surface area contributed by atoms with Crippen LogP contribution < -0.4 is 0 Å². The molecule has 2 heterocycles. The summed E-state index contributed by atoms with van der Waals surface area (Å²) >= 11 is 0. The van der Waals surface area contributed by atoms with E-state index >= 15 is 0 Å². The van der Waals surface area contributed by atoms with Gasteiger partial charge in [-0.05, 0) is 60.4 Å². The van der Waals surface area contributed by atoms with Crippen LogP contribution >= 0.6 is 0 Å². The molecule has 0 bridgehead atoms. The fraction of sp³-hybridized carbons (Fsp3) is 0.483. The maximum absolute atomic E-state index is 13.9. The molecule has 0 unspecified atom stereocenters. The Hall–Kier alpha value is -2.64. The Morgan fingerprint density at radius 2 is 1.78 bits per heavy atom. The Balaban J connectivity index is 1.64. The molecule has 3 rings (SSSR count). The van der Waals surface area contributed by atoms with Crippen molar-refractivity contribution in [2.75, 3.05) is 0 Å². The van der Waals surface area contributed by atoms with Crippen molar-refractivity contribution in [2.24, 2.45) is 0 Å². The topological polar surface area (TPSA) is 57.0 Å². The number of Topliss-reactive ketones (excluding diaryl/α,β-unsaturated/α-hetero) is 1. The minimum Gasteiger partial charge on any atom is -0.411 e. The summed E-state index contributed by atoms with van der Waals surface area (Å²) in [5, 5.41) is 4.88. The van der Waals surface area contributed by atoms with Gasteiger partial charge >= 0.3 is 0 Å². The van der Waals surface area contributed by atoms with Crippen LogP contribution in [0.3, 0.4) is 0 Å². The number of aryl methyl sites for hydroxylation is 1. The molecule has 0 fully saturated rings. The van der Waals surface area contributed by atoms with Crippen molar-refractivity contribution in [3.05, 3.63) is 77.1 Å². The maximum atomic E-state index is 13.9. The second-order valence-corrected chi connectivity index (χ2v) is 16.9. The fourth-order valence-electron chi connectivity index (χ4n) is 3.50. The third-order valence-electron chi connectivity index (χ3n) is 6.94. The fourth-order valence-corrected chi connectivity index (χ4v) is 4.44. The Morgan fingerprint density at radius 3 is 2.36 bits per heavy atom. The molecule has 0 atom stereocenters. The van der Waals surface area contributed by atoms with E-state index in [9.17, 15) is 9.18 Å². The minimum atomic E-state index is -1.84. The lowest BCUT2D eigenvalue weighted by atomic mass is 9.92. The number of hydrogen-bond acceptors (Lipinski definition) is 4. The van der Waals surface area contributed by atoms with Gasteiger partial charge in [-0.25, -0.2) is 9.07 Å². The van der Waals surface area contributed by atoms with Crippen molar-refractivity contribution in [2.45, 2.75) is 91.0 Å². The molecule has 0 amide bonds. The highest BCUT2D eigenvalue weighted by molar-refractivity contribution is 6.74. The third-order valence-corrected chi connectivity index (χ3v) is 11.4. The normalized spacial score (nSPS) is 12.7. The van der Waals surface area contributed by atoms with Crippen molar-refractivity contribution in [3.8, 4) is 5.69 Å². The number of carbonyl (C=O) groups excluding carboxylic acids is 1. The van der Waals surface area contributed by atoms with Gasteiger partial charge in [0.05, 0.1) is 23.7 Å². The number of halogens is 1. The van der Waals surface area contributed by atoms with Crippen LogP contribution in [0.2, 0.25) is 18.1 Å². The summed E-state index contributed by atoms with van der Waals surface area (Å²) in [4.78, 5) is 17.3. The summed E-state index contributed by atoms with van der Waals surface area (Å²) in [5.74, 6) is -0.181. The van der Waals surface area contributed by atoms with Crippen LogP contribution in [0, 0.1) is 5.82 Å². The molecular weight excluding hydrogens is 469 g/mol. The summed E-state index contributed by atoms with van der Waals surface area (Å²) in [6.45, 7) is 17.9. The number of benzene rings is 1. The monoisotopic (exact) mass is 509 g/mol. The zero-order chi connectivity index (χ0) is 26.7. The van der Waals surface area contributed by atoms with Gasteiger partial charge in [0, 0.05) is 30.1 Å². The molecule has 3 aromatic rings. The second kappa shape index (κ2) is 10.8. The van der Waals surface area contributed by atoms with Gasteiger partial charge in [-0.1, -0.05) is 53.7 Å². The highest BCUT2D eigenvalue weighted by Gasteiger charge is 2.37. The standard InChI is InChI=1S/C29H40FN3O2Si/c1-28(2,3)27-18-25(33(32-27)24-11-9-10-22(30)17-24)14-15-26(34)16-21-12-13-23(31-19-21)20-35-36(7,8)29(4,5)6/h9-13,17-19H,14-16,20H2,1-8H3. The summed E-state index contributed by atoms with van der Waals surface area (Å²) < 4.78 is 21.9. The number of rotatable bonds is 9. The zero-order valence-corrected chi connectivity index (χ0v) is 24.0. The molecule has 0 saturated heterocycles. The van der Waals surface area contributed by atoms with Gasteiger partial charge in [-0.2, -0.15) is 5.10 Å². The summed E-state index contributed by atoms with van der Waals surface area (Å²) in [5.41, 5.74) is 4.09. The average Bonchev–Trinajstić information content (AvgIpc) is 3.21. The van der Waals surface area contributed by atoms with Gasteiger partial charge in [-0.3, -0.25) is 9.78 Å². The molecular formula is C29H40FN3O2Si. The van der Waals surface area contributed by atoms with Crippen molar-refractivity contribution in [1.82, 2.24) is 14.8 Å². The summed E-state index contributed by atoms with van der Waals surface area (Å²) in [6.07, 6.45) is 3.01. The number of nitrogens with zero attached hydrogens (tertiary/aromatic N) is 3. The van der Waals surface area contributed by atoms with Gasteiger partial charge < -0.3 is 4.43 Å². The van der Waals surface area contributed by atoms with Crippen LogP contribution in [0.15, 0.2) is 48.7 Å². The van der Waals surface area contributed by atoms with Gasteiger partial charge in [0.2, 0.25) is 0 Å². The first kappa shape index (κ1) is 27.9. The van der Waals surface area contributed by atoms with Crippen LogP contribution in [-0.2, 0) is 34.1 Å². The van der Waals surface area contributed by atoms with E-state index in [0.717, 1.165) is 22.6 Å². The van der Waals surface area contributed by atoms with Crippen molar-refractivity contribution >= 4 is 14.1 Å². The predicted octanol–water partition coefficient (Wildman–Crippen LogP) is 6.97. The van der Waals surface area contributed by atoms with Crippen molar-refractivity contribution in [3.63, 3.8) is 0 Å². The molecule has 0 N–H and O–H groups in total. The number of carbonyl (C=O) groups is 1. The Bertz CT molecular complexity index is 1190. The van der Waals surface area contributed by atoms with Gasteiger partial charge in [-0.15, -0.1) is 0 Å². The van der Waals surface area contributed by atoms with E-state index in [2.05, 4.69) is 59.6 Å². The van der Waals surface area contributed by atoms with Crippen LogP contribution in [0.25, 0.3) is 5.69 Å². The minimum absolute atomic E-state index is 0.131. The van der Waals surface area contributed by atoms with E-state index in [1.54, 1.807) is 16.9 Å². The average molecular weight is 510 g/mol. The Labute approximate surface area is 216 Å². The molecule has 0 spiro atoms. The Morgan fingerprint density at radius 1 is 1.06 bits per heavy atom. The largest absolute Gasteiger partial charge is 0.411 e. The summed E-state index contributed by atoms with van der Waals surface area (Å²) in [7, 11) is -1.84. The lowest BCUT2D eigenvalue weighted by Gasteiger charge is -2.36. The summed E-state index contributed by atoms with van der Waals surface area (Å²) in [6, 6.07) is 12.3. The van der Waals surface area contributed by atoms with Crippen LogP contribution in [0.4, 0.5) is 4.39 Å². The van der Waals surface area contributed by atoms with E-state index in [1.165, 1.54) is 12.1 Å². The van der Waals surface area contributed by atoms with E-state index in [-0.39, 0.29) is 22.1 Å². The van der Waals surface area contributed by atoms with E-state index in [0.29, 0.717) is 31.6 Å². The van der Waals surface area contributed by atoms with Crippen molar-refractivity contribution in [1.29, 1.82) is 0 Å². The van der Waals surface area contributed by atoms with Crippen molar-refractivity contribution < 1.29 is 13.6 Å². The molecule has 0 aliphatic heterocycles. The first-order valence-electron chi connectivity index (χ1n) is 12.6. The molecule has 36 heavy (non-hydrogen) atoms. The smallest absolute Gasteiger partial charge is 0.192 e. The maximum Gasteiger partial charge on any atom is 0.192 e. The highest BCUT2D eigenvalue weighted by Crippen LogP contribution is 2.37. The zero-order valence-electron chi connectivity index (χ0n) is 23.0. The first-order valence-corrected chi connectivity index (χ1v) is 15.5. The van der Waals surface area contributed by atoms with E-state index in [1.807, 2.05) is 24.3 Å². The second-order valence-electron chi connectivity index (χ2n) is 12.1. The molecule has 7 heteroatoms. The predicted molar refractivity (Wildman–Crippen MR) is 145 cm³/mol. The van der Waals surface area contributed by atoms with E-state index < -0.39 is 8.32 Å². The van der Waals surface area contributed by atoms with Gasteiger partial charge in [0.25, 0.3) is 0 Å². The first-order chi connectivity index (χ1) is 16.7. The highest BCUT2D eigenvalue weighted by atomic mass is 28.4. The number of ketones is 1. The molecule has 0 aliphatic carbocycles. The number of pyridine rings is 1. The quantitative estimate of drug-likeness (QED) is 0.292. The molecule has 5 nitrogen and oxygen atoms in total. The molecule has 0 radical (unpaired) electrons. The lowest BCUT2D eigenvalue weighted by molar-refractivity contribution is -0.118. The van der Waals surface area contributed by atoms with Crippen LogP contribution in [-0.4, -0.2) is 28.9 Å². The number of aromatic nitrogens is 3. The number of hydrogen-bond donors (Lipinski definition) is 0. The molecule has 1 aromatic carbocycles. The Kier molecular flexibility index (Phi) is 8.36. The van der Waals surface area contributed by atoms with Crippen LogP contribution in [0.1, 0.15) is 70.6 Å². The van der Waals surface area contributed by atoms with Gasteiger partial charge in [0.1, 0.15) is 11.6 Å². The molecule has 2 aromatic heterocycles. The third kappa shape index (κ3) is 7.20. The molecule has 0 aliphatic rings. The van der Waals surface area contributed by atoms with Gasteiger partial charge in [0.15, 0.2) is 8.32 Å². The SMILES string of the molecule is CC(C)(C)c1cc(CCC(=O)Cc2ccc(CO[Si](C)(C)C(C)(C)C)nc2)n(-c2cccc(F)c2)n1. The van der Waals surface area contributed by atoms with Crippen LogP contribution in [0.5, 0.6) is 0 Å². The van der Waals surface area contributed by atoms with E-state index in [4.69, 9.17) is 9.52 Å². The molecule has 194 valence electrons. The molecule has 0 saturated carbocycles.